The molecule has 1 rings (SSSR count). The molecule has 0 saturated carbocycles. The fourth-order valence-corrected chi connectivity index (χ4v) is 1.77. The van der Waals surface area contributed by atoms with E-state index in [0.717, 1.165) is 23.7 Å². The number of aromatic nitrogens is 1. The van der Waals surface area contributed by atoms with Gasteiger partial charge in [-0.3, -0.25) is 0 Å². The van der Waals surface area contributed by atoms with Gasteiger partial charge in [0.25, 0.3) is 0 Å². The highest BCUT2D eigenvalue weighted by atomic mass is 32.1. The van der Waals surface area contributed by atoms with Crippen LogP contribution in [0.3, 0.4) is 0 Å². The summed E-state index contributed by atoms with van der Waals surface area (Å²) in [5.74, 6) is 0. The van der Waals surface area contributed by atoms with Gasteiger partial charge in [-0.05, 0) is 6.42 Å². The first kappa shape index (κ1) is 9.48. The molecule has 12 heavy (non-hydrogen) atoms. The molecule has 3 N–H and O–H groups in total. The number of rotatable bonds is 4. The molecule has 0 spiro atoms. The molecular formula is C8H15N3S. The van der Waals surface area contributed by atoms with E-state index in [1.165, 1.54) is 0 Å². The molecule has 1 atom stereocenters. The highest BCUT2D eigenvalue weighted by Crippen LogP contribution is 2.21. The highest BCUT2D eigenvalue weighted by Gasteiger charge is 2.08. The number of anilines is 1. The molecule has 1 unspecified atom stereocenters. The highest BCUT2D eigenvalue weighted by molar-refractivity contribution is 7.13. The molecule has 0 aliphatic rings. The lowest BCUT2D eigenvalue weighted by molar-refractivity contribution is 0.625. The normalized spacial score (nSPS) is 12.9. The molecule has 0 aromatic carbocycles. The van der Waals surface area contributed by atoms with Crippen molar-refractivity contribution < 1.29 is 0 Å². The van der Waals surface area contributed by atoms with Gasteiger partial charge in [0.2, 0.25) is 0 Å². The van der Waals surface area contributed by atoms with E-state index in [4.69, 9.17) is 5.73 Å². The van der Waals surface area contributed by atoms with Crippen LogP contribution in [0.5, 0.6) is 0 Å². The van der Waals surface area contributed by atoms with Crippen molar-refractivity contribution in [3.05, 3.63) is 11.1 Å². The lowest BCUT2D eigenvalue weighted by atomic mass is 10.1. The van der Waals surface area contributed by atoms with E-state index in [1.807, 2.05) is 12.4 Å². The molecule has 1 heterocycles. The average Bonchev–Trinajstić information content (AvgIpc) is 2.52. The predicted octanol–water partition coefficient (Wildman–Crippen LogP) is 1.98. The van der Waals surface area contributed by atoms with Crippen molar-refractivity contribution in [2.75, 3.05) is 12.4 Å². The number of hydrogen-bond donors (Lipinski definition) is 2. The van der Waals surface area contributed by atoms with Crippen molar-refractivity contribution in [2.45, 2.75) is 25.8 Å². The molecule has 0 bridgehead atoms. The summed E-state index contributed by atoms with van der Waals surface area (Å²) in [6.45, 7) is 2.13. The van der Waals surface area contributed by atoms with Gasteiger partial charge in [-0.15, -0.1) is 11.3 Å². The maximum absolute atomic E-state index is 5.89. The average molecular weight is 185 g/mol. The van der Waals surface area contributed by atoms with Crippen LogP contribution in [-0.4, -0.2) is 12.0 Å². The van der Waals surface area contributed by atoms with E-state index in [9.17, 15) is 0 Å². The van der Waals surface area contributed by atoms with Crippen LogP contribution in [-0.2, 0) is 0 Å². The Hall–Kier alpha value is -0.610. The molecule has 0 radical (unpaired) electrons. The summed E-state index contributed by atoms with van der Waals surface area (Å²) in [5, 5.41) is 5.96. The van der Waals surface area contributed by atoms with Crippen molar-refractivity contribution in [3.8, 4) is 0 Å². The topological polar surface area (TPSA) is 50.9 Å². The van der Waals surface area contributed by atoms with Gasteiger partial charge < -0.3 is 11.1 Å². The van der Waals surface area contributed by atoms with Crippen LogP contribution in [0.4, 0.5) is 5.13 Å². The molecule has 0 aliphatic carbocycles. The fourth-order valence-electron chi connectivity index (χ4n) is 1.03. The first-order valence-corrected chi connectivity index (χ1v) is 5.04. The predicted molar refractivity (Wildman–Crippen MR) is 53.5 cm³/mol. The minimum Gasteiger partial charge on any atom is -0.365 e. The lowest BCUT2D eigenvalue weighted by Gasteiger charge is -2.05. The van der Waals surface area contributed by atoms with Gasteiger partial charge in [-0.25, -0.2) is 4.98 Å². The summed E-state index contributed by atoms with van der Waals surface area (Å²) >= 11 is 1.60. The van der Waals surface area contributed by atoms with Crippen LogP contribution in [0, 0.1) is 0 Å². The van der Waals surface area contributed by atoms with E-state index in [2.05, 4.69) is 17.2 Å². The van der Waals surface area contributed by atoms with Crippen molar-refractivity contribution in [1.82, 2.24) is 4.98 Å². The number of nitrogens with zero attached hydrogens (tertiary/aromatic N) is 1. The zero-order valence-corrected chi connectivity index (χ0v) is 8.32. The summed E-state index contributed by atoms with van der Waals surface area (Å²) in [4.78, 5) is 4.33. The van der Waals surface area contributed by atoms with Crippen molar-refractivity contribution >= 4 is 16.5 Å². The molecule has 0 aliphatic heterocycles. The summed E-state index contributed by atoms with van der Waals surface area (Å²) in [7, 11) is 1.87. The molecule has 1 aromatic rings. The minimum atomic E-state index is 0.105. The van der Waals surface area contributed by atoms with Crippen molar-refractivity contribution in [3.63, 3.8) is 0 Å². The maximum Gasteiger partial charge on any atom is 0.182 e. The Balaban J connectivity index is 2.61. The Morgan fingerprint density at radius 1 is 1.75 bits per heavy atom. The van der Waals surface area contributed by atoms with Crippen LogP contribution in [0.2, 0.25) is 0 Å². The zero-order valence-electron chi connectivity index (χ0n) is 7.50. The van der Waals surface area contributed by atoms with Gasteiger partial charge in [-0.1, -0.05) is 13.3 Å². The molecule has 4 heteroatoms. The lowest BCUT2D eigenvalue weighted by Crippen LogP contribution is -2.10. The molecule has 0 saturated heterocycles. The summed E-state index contributed by atoms with van der Waals surface area (Å²) < 4.78 is 0. The maximum atomic E-state index is 5.89. The second kappa shape index (κ2) is 4.42. The Bertz CT molecular complexity index is 234. The molecule has 68 valence electrons. The van der Waals surface area contributed by atoms with E-state index >= 15 is 0 Å². The van der Waals surface area contributed by atoms with Gasteiger partial charge in [0.1, 0.15) is 0 Å². The van der Waals surface area contributed by atoms with Gasteiger partial charge >= 0.3 is 0 Å². The van der Waals surface area contributed by atoms with Gasteiger partial charge in [-0.2, -0.15) is 0 Å². The second-order valence-corrected chi connectivity index (χ2v) is 3.58. The third kappa shape index (κ3) is 2.19. The minimum absolute atomic E-state index is 0.105. The van der Waals surface area contributed by atoms with Crippen LogP contribution in [0.25, 0.3) is 0 Å². The molecule has 0 amide bonds. The molecule has 1 aromatic heterocycles. The molecular weight excluding hydrogens is 170 g/mol. The monoisotopic (exact) mass is 185 g/mol. The van der Waals surface area contributed by atoms with Gasteiger partial charge in [0.15, 0.2) is 5.13 Å². The molecule has 0 fully saturated rings. The third-order valence-electron chi connectivity index (χ3n) is 1.72. The number of nitrogens with two attached hydrogens (primary N) is 1. The van der Waals surface area contributed by atoms with Crippen LogP contribution in [0.1, 0.15) is 31.5 Å². The number of hydrogen-bond acceptors (Lipinski definition) is 4. The Labute approximate surface area is 77.0 Å². The first-order valence-electron chi connectivity index (χ1n) is 4.16. The van der Waals surface area contributed by atoms with E-state index in [1.54, 1.807) is 11.3 Å². The third-order valence-corrected chi connectivity index (χ3v) is 2.59. The van der Waals surface area contributed by atoms with Crippen molar-refractivity contribution in [2.24, 2.45) is 5.73 Å². The van der Waals surface area contributed by atoms with E-state index < -0.39 is 0 Å². The standard InChI is InChI=1S/C8H15N3S/c1-3-4-6(9)7-5-12-8(10-2)11-7/h5-6H,3-4,9H2,1-2H3,(H,10,11). The van der Waals surface area contributed by atoms with Crippen LogP contribution >= 0.6 is 11.3 Å². The Morgan fingerprint density at radius 3 is 3.00 bits per heavy atom. The van der Waals surface area contributed by atoms with E-state index in [0.29, 0.717) is 0 Å². The summed E-state index contributed by atoms with van der Waals surface area (Å²) in [5.41, 5.74) is 6.90. The first-order chi connectivity index (χ1) is 5.77. The Morgan fingerprint density at radius 2 is 2.50 bits per heavy atom. The smallest absolute Gasteiger partial charge is 0.182 e. The summed E-state index contributed by atoms with van der Waals surface area (Å²) in [6.07, 6.45) is 2.11. The van der Waals surface area contributed by atoms with E-state index in [-0.39, 0.29) is 6.04 Å². The largest absolute Gasteiger partial charge is 0.365 e. The quantitative estimate of drug-likeness (QED) is 0.754. The second-order valence-electron chi connectivity index (χ2n) is 2.72. The number of nitrogens with one attached hydrogen (secondary N) is 1. The SMILES string of the molecule is CCCC(N)c1csc(NC)n1. The van der Waals surface area contributed by atoms with Gasteiger partial charge in [0.05, 0.1) is 5.69 Å². The van der Waals surface area contributed by atoms with Crippen molar-refractivity contribution in [1.29, 1.82) is 0 Å². The number of thiazole rings is 1. The van der Waals surface area contributed by atoms with Gasteiger partial charge in [0, 0.05) is 18.5 Å². The molecule has 3 nitrogen and oxygen atoms in total. The fraction of sp³-hybridized carbons (Fsp3) is 0.625. The Kier molecular flexibility index (Phi) is 3.49. The summed E-state index contributed by atoms with van der Waals surface area (Å²) in [6, 6.07) is 0.105. The van der Waals surface area contributed by atoms with Crippen LogP contribution in [0.15, 0.2) is 5.38 Å². The zero-order chi connectivity index (χ0) is 8.97. The van der Waals surface area contributed by atoms with Crippen LogP contribution < -0.4 is 11.1 Å².